The lowest BCUT2D eigenvalue weighted by Crippen LogP contribution is -1.73. The summed E-state index contributed by atoms with van der Waals surface area (Å²) in [5.74, 6) is 0.476. The molecule has 0 saturated carbocycles. The highest BCUT2D eigenvalue weighted by Crippen LogP contribution is 2.36. The Morgan fingerprint density at radius 2 is 1.90 bits per heavy atom. The van der Waals surface area contributed by atoms with Crippen LogP contribution in [0.1, 0.15) is 11.3 Å². The van der Waals surface area contributed by atoms with Gasteiger partial charge in [-0.2, -0.15) is 10.5 Å². The average molecular weight is 345 g/mol. The molecule has 0 spiro atoms. The molecule has 5 heteroatoms. The van der Waals surface area contributed by atoms with Gasteiger partial charge in [-0.25, -0.2) is 0 Å². The fourth-order valence-corrected chi connectivity index (χ4v) is 2.78. The zero-order valence-corrected chi connectivity index (χ0v) is 13.0. The molecule has 0 radical (unpaired) electrons. The SMILES string of the molecule is Cc1ccc(Sc2oc(C=C(C#N)C#N)cc2Br)cc1. The van der Waals surface area contributed by atoms with E-state index in [9.17, 15) is 0 Å². The Kier molecular flexibility index (Phi) is 4.68. The zero-order chi connectivity index (χ0) is 14.5. The van der Waals surface area contributed by atoms with E-state index < -0.39 is 0 Å². The van der Waals surface area contributed by atoms with Crippen molar-refractivity contribution in [1.82, 2.24) is 0 Å². The Hall–Kier alpha value is -1.95. The number of benzene rings is 1. The third-order valence-corrected chi connectivity index (χ3v) is 4.28. The van der Waals surface area contributed by atoms with E-state index in [-0.39, 0.29) is 5.57 Å². The number of hydrogen-bond donors (Lipinski definition) is 0. The lowest BCUT2D eigenvalue weighted by molar-refractivity contribution is 0.463. The summed E-state index contributed by atoms with van der Waals surface area (Å²) < 4.78 is 6.42. The number of rotatable bonds is 3. The summed E-state index contributed by atoms with van der Waals surface area (Å²) in [5, 5.41) is 18.1. The van der Waals surface area contributed by atoms with Crippen molar-refractivity contribution in [2.24, 2.45) is 0 Å². The summed E-state index contributed by atoms with van der Waals surface area (Å²) >= 11 is 4.89. The third kappa shape index (κ3) is 3.54. The van der Waals surface area contributed by atoms with Gasteiger partial charge in [0.2, 0.25) is 0 Å². The van der Waals surface area contributed by atoms with Gasteiger partial charge in [0.15, 0.2) is 5.09 Å². The first-order valence-electron chi connectivity index (χ1n) is 5.68. The molecule has 0 fully saturated rings. The fourth-order valence-electron chi connectivity index (χ4n) is 1.45. The molecular weight excluding hydrogens is 336 g/mol. The molecule has 2 rings (SSSR count). The summed E-state index contributed by atoms with van der Waals surface area (Å²) in [6.07, 6.45) is 1.42. The molecule has 0 atom stereocenters. The van der Waals surface area contributed by atoms with Crippen LogP contribution >= 0.6 is 27.7 Å². The van der Waals surface area contributed by atoms with Gasteiger partial charge in [0.05, 0.1) is 4.47 Å². The standard InChI is InChI=1S/C15H9BrN2OS/c1-10-2-4-13(5-3-10)20-15-14(16)7-12(19-15)6-11(8-17)9-18/h2-7H,1H3. The van der Waals surface area contributed by atoms with Crippen LogP contribution in [-0.4, -0.2) is 0 Å². The number of allylic oxidation sites excluding steroid dienone is 1. The first kappa shape index (κ1) is 14.5. The van der Waals surface area contributed by atoms with Gasteiger partial charge in [-0.3, -0.25) is 0 Å². The monoisotopic (exact) mass is 344 g/mol. The summed E-state index contributed by atoms with van der Waals surface area (Å²) in [5.41, 5.74) is 1.21. The number of aryl methyl sites for hydroxylation is 1. The van der Waals surface area contributed by atoms with Gasteiger partial charge < -0.3 is 4.42 Å². The van der Waals surface area contributed by atoms with Crippen LogP contribution in [0.4, 0.5) is 0 Å². The molecule has 0 aliphatic rings. The molecule has 2 aromatic rings. The lowest BCUT2D eigenvalue weighted by Gasteiger charge is -1.99. The third-order valence-electron chi connectivity index (χ3n) is 2.43. The molecule has 0 unspecified atom stereocenters. The van der Waals surface area contributed by atoms with E-state index in [0.29, 0.717) is 10.9 Å². The second kappa shape index (κ2) is 6.47. The van der Waals surface area contributed by atoms with Crippen LogP contribution in [0.5, 0.6) is 0 Å². The molecule has 0 saturated heterocycles. The molecule has 3 nitrogen and oxygen atoms in total. The van der Waals surface area contributed by atoms with Gasteiger partial charge in [-0.05, 0) is 41.1 Å². The van der Waals surface area contributed by atoms with Crippen molar-refractivity contribution in [3.05, 3.63) is 51.7 Å². The minimum atomic E-state index is 0.0122. The normalized spacial score (nSPS) is 9.60. The Labute approximate surface area is 129 Å². The van der Waals surface area contributed by atoms with Crippen molar-refractivity contribution in [2.75, 3.05) is 0 Å². The van der Waals surface area contributed by atoms with E-state index in [4.69, 9.17) is 14.9 Å². The van der Waals surface area contributed by atoms with Crippen molar-refractivity contribution in [1.29, 1.82) is 10.5 Å². The van der Waals surface area contributed by atoms with Crippen LogP contribution in [0.15, 0.2) is 54.8 Å². The minimum absolute atomic E-state index is 0.0122. The molecule has 0 aliphatic carbocycles. The predicted molar refractivity (Wildman–Crippen MR) is 80.9 cm³/mol. The van der Waals surface area contributed by atoms with E-state index in [1.807, 2.05) is 31.2 Å². The Bertz CT molecular complexity index is 717. The largest absolute Gasteiger partial charge is 0.449 e. The van der Waals surface area contributed by atoms with E-state index in [2.05, 4.69) is 15.9 Å². The number of nitriles is 2. The number of hydrogen-bond acceptors (Lipinski definition) is 4. The van der Waals surface area contributed by atoms with Crippen molar-refractivity contribution in [3.8, 4) is 12.1 Å². The highest BCUT2D eigenvalue weighted by Gasteiger charge is 2.10. The van der Waals surface area contributed by atoms with Crippen molar-refractivity contribution in [2.45, 2.75) is 16.9 Å². The second-order valence-electron chi connectivity index (χ2n) is 3.98. The molecule has 1 heterocycles. The van der Waals surface area contributed by atoms with Crippen LogP contribution in [-0.2, 0) is 0 Å². The summed E-state index contributed by atoms with van der Waals surface area (Å²) in [7, 11) is 0. The maximum Gasteiger partial charge on any atom is 0.179 e. The summed E-state index contributed by atoms with van der Waals surface area (Å²) in [4.78, 5) is 1.06. The van der Waals surface area contributed by atoms with E-state index >= 15 is 0 Å². The highest BCUT2D eigenvalue weighted by atomic mass is 79.9. The Morgan fingerprint density at radius 1 is 1.25 bits per heavy atom. The minimum Gasteiger partial charge on any atom is -0.449 e. The number of nitrogens with zero attached hydrogens (tertiary/aromatic N) is 2. The predicted octanol–water partition coefficient (Wildman–Crippen LogP) is 4.93. The summed E-state index contributed by atoms with van der Waals surface area (Å²) in [6.45, 7) is 2.03. The second-order valence-corrected chi connectivity index (χ2v) is 5.88. The van der Waals surface area contributed by atoms with E-state index in [1.165, 1.54) is 23.4 Å². The highest BCUT2D eigenvalue weighted by molar-refractivity contribution is 9.10. The molecule has 0 bridgehead atoms. The van der Waals surface area contributed by atoms with E-state index in [0.717, 1.165) is 9.37 Å². The number of furan rings is 1. The van der Waals surface area contributed by atoms with Gasteiger partial charge in [0.1, 0.15) is 23.5 Å². The smallest absolute Gasteiger partial charge is 0.179 e. The molecular formula is C15H9BrN2OS. The molecule has 1 aromatic heterocycles. The van der Waals surface area contributed by atoms with E-state index in [1.54, 1.807) is 18.2 Å². The lowest BCUT2D eigenvalue weighted by atomic mass is 10.2. The van der Waals surface area contributed by atoms with Crippen molar-refractivity contribution < 1.29 is 4.42 Å². The zero-order valence-electron chi connectivity index (χ0n) is 10.6. The molecule has 1 aromatic carbocycles. The van der Waals surface area contributed by atoms with Gasteiger partial charge in [-0.15, -0.1) is 0 Å². The summed E-state index contributed by atoms with van der Waals surface area (Å²) in [6, 6.07) is 13.4. The topological polar surface area (TPSA) is 60.7 Å². The van der Waals surface area contributed by atoms with Gasteiger partial charge in [-0.1, -0.05) is 29.5 Å². The van der Waals surface area contributed by atoms with Crippen LogP contribution in [0.3, 0.4) is 0 Å². The fraction of sp³-hybridized carbons (Fsp3) is 0.0667. The molecule has 0 N–H and O–H groups in total. The quantitative estimate of drug-likeness (QED) is 0.740. The molecule has 0 aliphatic heterocycles. The van der Waals surface area contributed by atoms with Crippen LogP contribution in [0.25, 0.3) is 6.08 Å². The maximum atomic E-state index is 8.73. The Morgan fingerprint density at radius 3 is 2.50 bits per heavy atom. The van der Waals surface area contributed by atoms with Crippen molar-refractivity contribution in [3.63, 3.8) is 0 Å². The van der Waals surface area contributed by atoms with Gasteiger partial charge in [0, 0.05) is 11.0 Å². The van der Waals surface area contributed by atoms with Crippen LogP contribution < -0.4 is 0 Å². The molecule has 98 valence electrons. The number of halogens is 1. The van der Waals surface area contributed by atoms with Crippen molar-refractivity contribution >= 4 is 33.8 Å². The Balaban J connectivity index is 2.25. The molecule has 20 heavy (non-hydrogen) atoms. The van der Waals surface area contributed by atoms with Crippen LogP contribution in [0.2, 0.25) is 0 Å². The maximum absolute atomic E-state index is 8.73. The first-order valence-corrected chi connectivity index (χ1v) is 7.29. The van der Waals surface area contributed by atoms with Gasteiger partial charge >= 0.3 is 0 Å². The van der Waals surface area contributed by atoms with Crippen LogP contribution in [0, 0.1) is 29.6 Å². The first-order chi connectivity index (χ1) is 9.62. The van der Waals surface area contributed by atoms with Gasteiger partial charge in [0.25, 0.3) is 0 Å². The average Bonchev–Trinajstić information content (AvgIpc) is 2.79. The molecule has 0 amide bonds.